The summed E-state index contributed by atoms with van der Waals surface area (Å²) >= 11 is 0. The fourth-order valence-corrected chi connectivity index (χ4v) is 0.728. The van der Waals surface area contributed by atoms with Gasteiger partial charge in [0.05, 0.1) is 6.54 Å². The maximum atomic E-state index is 11.7. The molecule has 0 atom stereocenters. The number of nitrogens with zero attached hydrogens (tertiary/aromatic N) is 1. The minimum absolute atomic E-state index is 0.291. The van der Waals surface area contributed by atoms with E-state index in [1.54, 1.807) is 6.92 Å². The third-order valence-corrected chi connectivity index (χ3v) is 1.16. The Morgan fingerprint density at radius 2 is 2.18 bits per heavy atom. The Balaban J connectivity index is 3.79. The fourth-order valence-electron chi connectivity index (χ4n) is 0.728. The highest BCUT2D eigenvalue weighted by Gasteiger charge is 2.13. The Hall–Kier alpha value is -0.870. The molecule has 0 unspecified atom stereocenters. The standard InChI is InChI=1S/C6H12F2N2O/c1-2-3-10(6(9)11)4-5(7)8/h5H,2-4H2,1H3,(H2,9,11). The number of nitrogens with two attached hydrogens (primary N) is 1. The number of hydrogen-bond acceptors (Lipinski definition) is 1. The first-order valence-electron chi connectivity index (χ1n) is 3.40. The molecule has 0 fully saturated rings. The Morgan fingerprint density at radius 3 is 2.45 bits per heavy atom. The van der Waals surface area contributed by atoms with Gasteiger partial charge in [0.1, 0.15) is 0 Å². The Labute approximate surface area is 64.2 Å². The Bertz CT molecular complexity index is 130. The lowest BCUT2D eigenvalue weighted by Crippen LogP contribution is -2.39. The van der Waals surface area contributed by atoms with Crippen LogP contribution in [0.4, 0.5) is 13.6 Å². The molecule has 5 heteroatoms. The molecule has 0 aliphatic rings. The quantitative estimate of drug-likeness (QED) is 0.666. The van der Waals surface area contributed by atoms with E-state index >= 15 is 0 Å². The molecule has 0 radical (unpaired) electrons. The van der Waals surface area contributed by atoms with Gasteiger partial charge in [0, 0.05) is 6.54 Å². The zero-order chi connectivity index (χ0) is 8.85. The first-order chi connectivity index (χ1) is 5.07. The van der Waals surface area contributed by atoms with Crippen molar-refractivity contribution in [2.45, 2.75) is 19.8 Å². The number of amides is 2. The summed E-state index contributed by atoms with van der Waals surface area (Å²) in [6.07, 6.45) is -1.87. The lowest BCUT2D eigenvalue weighted by Gasteiger charge is -2.18. The van der Waals surface area contributed by atoms with Gasteiger partial charge in [-0.1, -0.05) is 6.92 Å². The average molecular weight is 166 g/mol. The van der Waals surface area contributed by atoms with E-state index in [1.165, 1.54) is 0 Å². The highest BCUT2D eigenvalue weighted by Crippen LogP contribution is 1.98. The van der Waals surface area contributed by atoms with Crippen LogP contribution in [0.15, 0.2) is 0 Å². The molecule has 0 aliphatic heterocycles. The Kier molecular flexibility index (Phi) is 4.49. The maximum Gasteiger partial charge on any atom is 0.314 e. The van der Waals surface area contributed by atoms with Crippen LogP contribution in [-0.2, 0) is 0 Å². The van der Waals surface area contributed by atoms with Crippen molar-refractivity contribution in [3.63, 3.8) is 0 Å². The second kappa shape index (κ2) is 4.87. The highest BCUT2D eigenvalue weighted by atomic mass is 19.3. The smallest absolute Gasteiger partial charge is 0.314 e. The van der Waals surface area contributed by atoms with Gasteiger partial charge < -0.3 is 10.6 Å². The highest BCUT2D eigenvalue weighted by molar-refractivity contribution is 5.71. The van der Waals surface area contributed by atoms with Gasteiger partial charge in [0.15, 0.2) is 0 Å². The molecule has 2 amide bonds. The molecule has 0 aromatic carbocycles. The molecule has 0 spiro atoms. The Morgan fingerprint density at radius 1 is 1.64 bits per heavy atom. The van der Waals surface area contributed by atoms with E-state index in [1.807, 2.05) is 0 Å². The third-order valence-electron chi connectivity index (χ3n) is 1.16. The van der Waals surface area contributed by atoms with E-state index in [2.05, 4.69) is 0 Å². The molecule has 0 heterocycles. The number of halogens is 2. The number of alkyl halides is 2. The minimum atomic E-state index is -2.51. The van der Waals surface area contributed by atoms with Gasteiger partial charge in [-0.15, -0.1) is 0 Å². The molecule has 2 N–H and O–H groups in total. The molecule has 66 valence electrons. The number of primary amides is 1. The molecule has 0 bridgehead atoms. The molecular formula is C6H12F2N2O. The summed E-state index contributed by atoms with van der Waals surface area (Å²) in [6, 6.07) is -0.785. The summed E-state index contributed by atoms with van der Waals surface area (Å²) in [6.45, 7) is 1.52. The predicted molar refractivity (Wildman–Crippen MR) is 37.5 cm³/mol. The van der Waals surface area contributed by atoms with Crippen LogP contribution >= 0.6 is 0 Å². The fraction of sp³-hybridized carbons (Fsp3) is 0.833. The van der Waals surface area contributed by atoms with Crippen LogP contribution in [0.25, 0.3) is 0 Å². The lowest BCUT2D eigenvalue weighted by atomic mass is 10.4. The monoisotopic (exact) mass is 166 g/mol. The lowest BCUT2D eigenvalue weighted by molar-refractivity contribution is 0.101. The van der Waals surface area contributed by atoms with Crippen LogP contribution in [-0.4, -0.2) is 30.4 Å². The molecule has 0 aromatic rings. The van der Waals surface area contributed by atoms with Crippen molar-refractivity contribution in [3.8, 4) is 0 Å². The van der Waals surface area contributed by atoms with Gasteiger partial charge in [-0.2, -0.15) is 0 Å². The zero-order valence-corrected chi connectivity index (χ0v) is 6.39. The van der Waals surface area contributed by atoms with Gasteiger partial charge in [-0.25, -0.2) is 13.6 Å². The maximum absolute atomic E-state index is 11.7. The molecule has 3 nitrogen and oxygen atoms in total. The summed E-state index contributed by atoms with van der Waals surface area (Å²) in [4.78, 5) is 11.4. The number of hydrogen-bond donors (Lipinski definition) is 1. The summed E-state index contributed by atoms with van der Waals surface area (Å²) in [5, 5.41) is 0. The predicted octanol–water partition coefficient (Wildman–Crippen LogP) is 1.04. The van der Waals surface area contributed by atoms with Crippen LogP contribution in [0.5, 0.6) is 0 Å². The number of carbonyl (C=O) groups is 1. The van der Waals surface area contributed by atoms with Gasteiger partial charge >= 0.3 is 6.03 Å². The van der Waals surface area contributed by atoms with Crippen LogP contribution in [0.2, 0.25) is 0 Å². The largest absolute Gasteiger partial charge is 0.351 e. The molecule has 0 saturated heterocycles. The molecule has 0 saturated carbocycles. The van der Waals surface area contributed by atoms with Crippen molar-refractivity contribution in [2.75, 3.05) is 13.1 Å². The van der Waals surface area contributed by atoms with Crippen molar-refractivity contribution in [2.24, 2.45) is 5.73 Å². The van der Waals surface area contributed by atoms with E-state index in [0.29, 0.717) is 13.0 Å². The average Bonchev–Trinajstić information content (AvgIpc) is 1.86. The molecular weight excluding hydrogens is 154 g/mol. The zero-order valence-electron chi connectivity index (χ0n) is 6.39. The topological polar surface area (TPSA) is 46.3 Å². The molecule has 11 heavy (non-hydrogen) atoms. The van der Waals surface area contributed by atoms with E-state index in [4.69, 9.17) is 5.73 Å². The molecule has 0 aromatic heterocycles. The van der Waals surface area contributed by atoms with E-state index in [0.717, 1.165) is 4.90 Å². The third kappa shape index (κ3) is 4.52. The van der Waals surface area contributed by atoms with Crippen molar-refractivity contribution in [3.05, 3.63) is 0 Å². The second-order valence-electron chi connectivity index (χ2n) is 2.18. The van der Waals surface area contributed by atoms with E-state index < -0.39 is 19.0 Å². The number of urea groups is 1. The van der Waals surface area contributed by atoms with Crippen LogP contribution in [0.1, 0.15) is 13.3 Å². The van der Waals surface area contributed by atoms with E-state index in [9.17, 15) is 13.6 Å². The van der Waals surface area contributed by atoms with Gasteiger partial charge in [-0.05, 0) is 6.42 Å². The first-order valence-corrected chi connectivity index (χ1v) is 3.40. The summed E-state index contributed by atoms with van der Waals surface area (Å²) in [5.41, 5.74) is 4.82. The van der Waals surface area contributed by atoms with Crippen LogP contribution < -0.4 is 5.73 Å². The SMILES string of the molecule is CCCN(CC(F)F)C(N)=O. The minimum Gasteiger partial charge on any atom is -0.351 e. The normalized spacial score (nSPS) is 10.2. The van der Waals surface area contributed by atoms with Gasteiger partial charge in [-0.3, -0.25) is 0 Å². The van der Waals surface area contributed by atoms with Crippen LogP contribution in [0, 0.1) is 0 Å². The first kappa shape index (κ1) is 10.1. The summed E-state index contributed by atoms with van der Waals surface area (Å²) < 4.78 is 23.4. The summed E-state index contributed by atoms with van der Waals surface area (Å²) in [5.74, 6) is 0. The van der Waals surface area contributed by atoms with Gasteiger partial charge in [0.25, 0.3) is 6.43 Å². The van der Waals surface area contributed by atoms with Crippen molar-refractivity contribution >= 4 is 6.03 Å². The van der Waals surface area contributed by atoms with Crippen LogP contribution in [0.3, 0.4) is 0 Å². The van der Waals surface area contributed by atoms with Crippen molar-refractivity contribution in [1.29, 1.82) is 0 Å². The van der Waals surface area contributed by atoms with Crippen molar-refractivity contribution in [1.82, 2.24) is 4.90 Å². The molecule has 0 aliphatic carbocycles. The second-order valence-corrected chi connectivity index (χ2v) is 2.18. The number of carbonyl (C=O) groups excluding carboxylic acids is 1. The molecule has 0 rings (SSSR count). The van der Waals surface area contributed by atoms with Gasteiger partial charge in [0.2, 0.25) is 0 Å². The van der Waals surface area contributed by atoms with Crippen molar-refractivity contribution < 1.29 is 13.6 Å². The number of rotatable bonds is 4. The van der Waals surface area contributed by atoms with E-state index in [-0.39, 0.29) is 0 Å². The summed E-state index contributed by atoms with van der Waals surface area (Å²) in [7, 11) is 0.